The number of piperidine rings is 1. The largest absolute Gasteiger partial charge is 0.366 e. The van der Waals surface area contributed by atoms with Crippen molar-refractivity contribution in [3.63, 3.8) is 0 Å². The summed E-state index contributed by atoms with van der Waals surface area (Å²) in [5.74, 6) is 0.307. The number of hydrogen-bond acceptors (Lipinski definition) is 2. The van der Waals surface area contributed by atoms with Gasteiger partial charge in [0, 0.05) is 22.6 Å². The molecule has 4 nitrogen and oxygen atoms in total. The van der Waals surface area contributed by atoms with Gasteiger partial charge >= 0.3 is 0 Å². The zero-order valence-electron chi connectivity index (χ0n) is 12.7. The van der Waals surface area contributed by atoms with Gasteiger partial charge in [0.15, 0.2) is 0 Å². The maximum Gasteiger partial charge on any atom is 0.251 e. The van der Waals surface area contributed by atoms with E-state index in [1.807, 2.05) is 25.1 Å². The van der Waals surface area contributed by atoms with E-state index in [1.165, 1.54) is 12.8 Å². The molecule has 1 aliphatic rings. The fraction of sp³-hybridized carbons (Fsp3) is 0.471. The van der Waals surface area contributed by atoms with Gasteiger partial charge in [0.1, 0.15) is 0 Å². The van der Waals surface area contributed by atoms with Crippen molar-refractivity contribution < 1.29 is 4.79 Å². The zero-order chi connectivity index (χ0) is 15.0. The number of carbonyl (C=O) groups excluding carboxylic acids is 1. The normalized spacial score (nSPS) is 18.0. The highest BCUT2D eigenvalue weighted by Crippen LogP contribution is 2.34. The first kappa shape index (κ1) is 14.1. The Morgan fingerprint density at radius 1 is 1.33 bits per heavy atom. The van der Waals surface area contributed by atoms with Crippen LogP contribution in [0.15, 0.2) is 24.3 Å². The van der Waals surface area contributed by atoms with Gasteiger partial charge in [0.05, 0.1) is 5.56 Å². The molecule has 0 bridgehead atoms. The van der Waals surface area contributed by atoms with E-state index in [0.717, 1.165) is 29.7 Å². The molecule has 0 spiro atoms. The zero-order valence-corrected chi connectivity index (χ0v) is 12.7. The summed E-state index contributed by atoms with van der Waals surface area (Å²) in [6.07, 6.45) is 2.36. The Balaban J connectivity index is 2.13. The van der Waals surface area contributed by atoms with E-state index in [2.05, 4.69) is 22.9 Å². The van der Waals surface area contributed by atoms with Crippen LogP contribution in [0.3, 0.4) is 0 Å². The summed E-state index contributed by atoms with van der Waals surface area (Å²) < 4.78 is 2.31. The van der Waals surface area contributed by atoms with Crippen LogP contribution >= 0.6 is 0 Å². The number of aromatic nitrogens is 1. The third kappa shape index (κ3) is 2.33. The van der Waals surface area contributed by atoms with Crippen LogP contribution < -0.4 is 11.1 Å². The molecule has 4 heteroatoms. The first-order valence-electron chi connectivity index (χ1n) is 7.71. The predicted octanol–water partition coefficient (Wildman–Crippen LogP) is 2.61. The topological polar surface area (TPSA) is 60.1 Å². The van der Waals surface area contributed by atoms with Crippen molar-refractivity contribution in [1.82, 2.24) is 9.88 Å². The summed E-state index contributed by atoms with van der Waals surface area (Å²) in [6.45, 7) is 6.43. The minimum Gasteiger partial charge on any atom is -0.366 e. The van der Waals surface area contributed by atoms with Gasteiger partial charge in [-0.25, -0.2) is 0 Å². The molecule has 112 valence electrons. The highest BCUT2D eigenvalue weighted by molar-refractivity contribution is 6.07. The summed E-state index contributed by atoms with van der Waals surface area (Å²) in [5, 5.41) is 4.39. The monoisotopic (exact) mass is 285 g/mol. The number of para-hydroxylation sites is 1. The Morgan fingerprint density at radius 3 is 2.67 bits per heavy atom. The summed E-state index contributed by atoms with van der Waals surface area (Å²) >= 11 is 0. The van der Waals surface area contributed by atoms with Crippen LogP contribution in [0.2, 0.25) is 0 Å². The minimum atomic E-state index is -0.333. The number of amides is 1. The molecule has 1 aromatic heterocycles. The van der Waals surface area contributed by atoms with Crippen molar-refractivity contribution >= 4 is 16.8 Å². The third-order valence-electron chi connectivity index (χ3n) is 4.88. The average Bonchev–Trinajstić information content (AvgIpc) is 2.79. The first-order chi connectivity index (χ1) is 10.1. The molecule has 1 unspecified atom stereocenters. The molecule has 1 atom stereocenters. The number of carbonyl (C=O) groups is 1. The summed E-state index contributed by atoms with van der Waals surface area (Å²) in [5.41, 5.74) is 8.40. The Kier molecular flexibility index (Phi) is 3.72. The van der Waals surface area contributed by atoms with E-state index in [4.69, 9.17) is 5.73 Å². The van der Waals surface area contributed by atoms with Crippen molar-refractivity contribution in [2.45, 2.75) is 32.7 Å². The van der Waals surface area contributed by atoms with E-state index in [9.17, 15) is 4.79 Å². The van der Waals surface area contributed by atoms with Crippen molar-refractivity contribution in [2.75, 3.05) is 13.1 Å². The van der Waals surface area contributed by atoms with Gasteiger partial charge in [-0.2, -0.15) is 0 Å². The molecule has 1 aromatic carbocycles. The van der Waals surface area contributed by atoms with Gasteiger partial charge in [-0.15, -0.1) is 0 Å². The number of hydrogen-bond donors (Lipinski definition) is 2. The fourth-order valence-electron chi connectivity index (χ4n) is 3.76. The third-order valence-corrected chi connectivity index (χ3v) is 4.88. The van der Waals surface area contributed by atoms with Crippen LogP contribution in [0.1, 0.15) is 41.9 Å². The first-order valence-corrected chi connectivity index (χ1v) is 7.71. The molecule has 3 N–H and O–H groups in total. The Morgan fingerprint density at radius 2 is 2.00 bits per heavy atom. The fourth-order valence-corrected chi connectivity index (χ4v) is 3.76. The summed E-state index contributed by atoms with van der Waals surface area (Å²) in [6, 6.07) is 8.46. The lowest BCUT2D eigenvalue weighted by Gasteiger charge is -2.30. The van der Waals surface area contributed by atoms with Crippen LogP contribution in [0.25, 0.3) is 10.9 Å². The van der Waals surface area contributed by atoms with Crippen molar-refractivity contribution in [3.05, 3.63) is 35.5 Å². The smallest absolute Gasteiger partial charge is 0.251 e. The van der Waals surface area contributed by atoms with Gasteiger partial charge in [-0.1, -0.05) is 18.2 Å². The molecule has 0 aliphatic carbocycles. The lowest BCUT2D eigenvalue weighted by atomic mass is 9.91. The van der Waals surface area contributed by atoms with E-state index in [1.54, 1.807) is 0 Å². The highest BCUT2D eigenvalue weighted by Gasteiger charge is 2.26. The van der Waals surface area contributed by atoms with Gasteiger partial charge in [0.25, 0.3) is 5.91 Å². The molecule has 3 rings (SSSR count). The van der Waals surface area contributed by atoms with Crippen LogP contribution in [-0.2, 0) is 0 Å². The molecular weight excluding hydrogens is 262 g/mol. The molecule has 1 aliphatic heterocycles. The van der Waals surface area contributed by atoms with Gasteiger partial charge in [-0.05, 0) is 51.8 Å². The molecule has 1 saturated heterocycles. The number of nitrogens with two attached hydrogens (primary N) is 1. The lowest BCUT2D eigenvalue weighted by molar-refractivity contribution is 0.100. The SMILES string of the molecule is Cc1c(C(N)=O)c2ccccc2n1C(C)C1CCNCC1. The minimum absolute atomic E-state index is 0.333. The molecule has 0 saturated carbocycles. The molecule has 21 heavy (non-hydrogen) atoms. The van der Waals surface area contributed by atoms with Crippen molar-refractivity contribution in [1.29, 1.82) is 0 Å². The second-order valence-electron chi connectivity index (χ2n) is 6.04. The summed E-state index contributed by atoms with van der Waals surface area (Å²) in [7, 11) is 0. The second kappa shape index (κ2) is 5.53. The van der Waals surface area contributed by atoms with Crippen LogP contribution in [0.4, 0.5) is 0 Å². The molecular formula is C17H23N3O. The quantitative estimate of drug-likeness (QED) is 0.910. The maximum atomic E-state index is 11.8. The van der Waals surface area contributed by atoms with Gasteiger partial charge in [0.2, 0.25) is 0 Å². The number of nitrogens with zero attached hydrogens (tertiary/aromatic N) is 1. The highest BCUT2D eigenvalue weighted by atomic mass is 16.1. The lowest BCUT2D eigenvalue weighted by Crippen LogP contribution is -2.32. The Labute approximate surface area is 125 Å². The molecule has 2 aromatic rings. The van der Waals surface area contributed by atoms with Crippen LogP contribution in [0, 0.1) is 12.8 Å². The van der Waals surface area contributed by atoms with Crippen LogP contribution in [-0.4, -0.2) is 23.6 Å². The maximum absolute atomic E-state index is 11.8. The van der Waals surface area contributed by atoms with E-state index >= 15 is 0 Å². The van der Waals surface area contributed by atoms with Gasteiger partial charge < -0.3 is 15.6 Å². The Hall–Kier alpha value is -1.81. The number of rotatable bonds is 3. The average molecular weight is 285 g/mol. The van der Waals surface area contributed by atoms with Crippen molar-refractivity contribution in [2.24, 2.45) is 11.7 Å². The van der Waals surface area contributed by atoms with Gasteiger partial charge in [-0.3, -0.25) is 4.79 Å². The van der Waals surface area contributed by atoms with Crippen LogP contribution in [0.5, 0.6) is 0 Å². The molecule has 0 radical (unpaired) electrons. The number of nitrogens with one attached hydrogen (secondary N) is 1. The number of primary amides is 1. The Bertz CT molecular complexity index is 668. The second-order valence-corrected chi connectivity index (χ2v) is 6.04. The van der Waals surface area contributed by atoms with E-state index < -0.39 is 0 Å². The van der Waals surface area contributed by atoms with E-state index in [0.29, 0.717) is 17.5 Å². The van der Waals surface area contributed by atoms with E-state index in [-0.39, 0.29) is 5.91 Å². The number of benzene rings is 1. The molecule has 1 fully saturated rings. The standard InChI is InChI=1S/C17H23N3O/c1-11(13-7-9-19-10-8-13)20-12(2)16(17(18)21)14-5-3-4-6-15(14)20/h3-6,11,13,19H,7-10H2,1-2H3,(H2,18,21). The predicted molar refractivity (Wildman–Crippen MR) is 85.5 cm³/mol. The number of fused-ring (bicyclic) bond motifs is 1. The molecule has 2 heterocycles. The summed E-state index contributed by atoms with van der Waals surface area (Å²) in [4.78, 5) is 11.8. The van der Waals surface area contributed by atoms with Crippen molar-refractivity contribution in [3.8, 4) is 0 Å². The molecule has 1 amide bonds.